The number of urea groups is 1. The lowest BCUT2D eigenvalue weighted by molar-refractivity contribution is -0.134. The summed E-state index contributed by atoms with van der Waals surface area (Å²) in [5, 5.41) is 5.47. The zero-order chi connectivity index (χ0) is 18.2. The molecule has 8 heteroatoms. The van der Waals surface area contributed by atoms with Gasteiger partial charge in [0.2, 0.25) is 5.91 Å². The highest BCUT2D eigenvalue weighted by Crippen LogP contribution is 2.11. The van der Waals surface area contributed by atoms with E-state index in [1.807, 2.05) is 6.92 Å². The summed E-state index contributed by atoms with van der Waals surface area (Å²) in [7, 11) is 0. The highest BCUT2D eigenvalue weighted by molar-refractivity contribution is 5.87. The van der Waals surface area contributed by atoms with E-state index >= 15 is 0 Å². The van der Waals surface area contributed by atoms with Gasteiger partial charge in [0.25, 0.3) is 0 Å². The summed E-state index contributed by atoms with van der Waals surface area (Å²) in [6.07, 6.45) is 2.97. The molecule has 1 aromatic rings. The van der Waals surface area contributed by atoms with Crippen LogP contribution < -0.4 is 16.4 Å². The summed E-state index contributed by atoms with van der Waals surface area (Å²) in [6.45, 7) is 3.53. The van der Waals surface area contributed by atoms with E-state index in [-0.39, 0.29) is 36.7 Å². The fourth-order valence-corrected chi connectivity index (χ4v) is 2.88. The zero-order valence-corrected chi connectivity index (χ0v) is 15.9. The van der Waals surface area contributed by atoms with Gasteiger partial charge in [0.1, 0.15) is 11.9 Å². The fraction of sp³-hybridized carbons (Fsp3) is 0.556. The van der Waals surface area contributed by atoms with Crippen molar-refractivity contribution in [1.82, 2.24) is 15.5 Å². The molecular formula is C18H28ClFN4O2. The highest BCUT2D eigenvalue weighted by Gasteiger charge is 2.27. The van der Waals surface area contributed by atoms with Crippen molar-refractivity contribution >= 4 is 24.3 Å². The van der Waals surface area contributed by atoms with Crippen molar-refractivity contribution in [3.63, 3.8) is 0 Å². The minimum atomic E-state index is -0.535. The molecule has 0 aromatic heterocycles. The van der Waals surface area contributed by atoms with E-state index in [0.29, 0.717) is 19.5 Å². The molecule has 2 rings (SSSR count). The number of rotatable bonds is 6. The summed E-state index contributed by atoms with van der Waals surface area (Å²) in [4.78, 5) is 26.5. The summed E-state index contributed by atoms with van der Waals surface area (Å²) in [5.41, 5.74) is 6.67. The summed E-state index contributed by atoms with van der Waals surface area (Å²) in [5.74, 6) is -0.367. The van der Waals surface area contributed by atoms with Gasteiger partial charge in [-0.3, -0.25) is 4.79 Å². The molecule has 1 atom stereocenters. The maximum Gasteiger partial charge on any atom is 0.315 e. The molecule has 1 saturated heterocycles. The Kier molecular flexibility index (Phi) is 9.37. The first kappa shape index (κ1) is 22.2. The van der Waals surface area contributed by atoms with Gasteiger partial charge >= 0.3 is 6.03 Å². The molecule has 1 aromatic carbocycles. The molecule has 1 aliphatic heterocycles. The Hall–Kier alpha value is -1.86. The lowest BCUT2D eigenvalue weighted by atomic mass is 10.0. The van der Waals surface area contributed by atoms with Crippen LogP contribution in [0.5, 0.6) is 0 Å². The van der Waals surface area contributed by atoms with Crippen molar-refractivity contribution in [2.45, 2.75) is 51.2 Å². The number of benzene rings is 1. The van der Waals surface area contributed by atoms with Crippen molar-refractivity contribution in [2.24, 2.45) is 5.73 Å². The number of carbonyl (C=O) groups is 2. The van der Waals surface area contributed by atoms with E-state index in [4.69, 9.17) is 5.73 Å². The third-order valence-electron chi connectivity index (χ3n) is 4.40. The van der Waals surface area contributed by atoms with Crippen LogP contribution >= 0.6 is 12.4 Å². The maximum absolute atomic E-state index is 12.9. The van der Waals surface area contributed by atoms with Crippen LogP contribution in [-0.2, 0) is 11.3 Å². The molecule has 4 N–H and O–H groups in total. The molecule has 0 radical (unpaired) electrons. The van der Waals surface area contributed by atoms with Gasteiger partial charge < -0.3 is 21.3 Å². The van der Waals surface area contributed by atoms with Gasteiger partial charge in [-0.2, -0.15) is 0 Å². The number of nitrogens with zero attached hydrogens (tertiary/aromatic N) is 1. The normalized spacial score (nSPS) is 15.7. The van der Waals surface area contributed by atoms with Crippen LogP contribution in [0.25, 0.3) is 0 Å². The first-order valence-electron chi connectivity index (χ1n) is 8.82. The second-order valence-corrected chi connectivity index (χ2v) is 6.46. The van der Waals surface area contributed by atoms with Crippen molar-refractivity contribution in [3.8, 4) is 0 Å². The Morgan fingerprint density at radius 2 is 1.88 bits per heavy atom. The summed E-state index contributed by atoms with van der Waals surface area (Å²) in [6, 6.07) is 5.14. The molecule has 1 fully saturated rings. The Morgan fingerprint density at radius 3 is 2.46 bits per heavy atom. The highest BCUT2D eigenvalue weighted by atomic mass is 35.5. The Morgan fingerprint density at radius 1 is 1.27 bits per heavy atom. The van der Waals surface area contributed by atoms with Gasteiger partial charge in [0.05, 0.1) is 0 Å². The molecule has 0 saturated carbocycles. The van der Waals surface area contributed by atoms with Crippen LogP contribution in [0.2, 0.25) is 0 Å². The smallest absolute Gasteiger partial charge is 0.315 e. The monoisotopic (exact) mass is 386 g/mol. The maximum atomic E-state index is 12.9. The van der Waals surface area contributed by atoms with Crippen molar-refractivity contribution in [3.05, 3.63) is 35.6 Å². The predicted octanol–water partition coefficient (Wildman–Crippen LogP) is 2.17. The molecule has 0 bridgehead atoms. The van der Waals surface area contributed by atoms with Crippen LogP contribution in [-0.4, -0.2) is 42.0 Å². The van der Waals surface area contributed by atoms with E-state index in [1.54, 1.807) is 17.0 Å². The van der Waals surface area contributed by atoms with Gasteiger partial charge in [0.15, 0.2) is 0 Å². The average Bonchev–Trinajstić information content (AvgIpc) is 2.61. The zero-order valence-electron chi connectivity index (χ0n) is 15.0. The van der Waals surface area contributed by atoms with Crippen molar-refractivity contribution in [1.29, 1.82) is 0 Å². The van der Waals surface area contributed by atoms with E-state index in [9.17, 15) is 14.0 Å². The second kappa shape index (κ2) is 11.0. The number of halogens is 2. The summed E-state index contributed by atoms with van der Waals surface area (Å²) < 4.78 is 12.9. The topological polar surface area (TPSA) is 87.5 Å². The van der Waals surface area contributed by atoms with Gasteiger partial charge in [-0.15, -0.1) is 12.4 Å². The van der Waals surface area contributed by atoms with Crippen LogP contribution in [0.3, 0.4) is 0 Å². The minimum absolute atomic E-state index is 0. The quantitative estimate of drug-likeness (QED) is 0.700. The molecular weight excluding hydrogens is 359 g/mol. The number of amides is 3. The molecule has 1 aliphatic rings. The molecule has 0 aliphatic carbocycles. The minimum Gasteiger partial charge on any atom is -0.341 e. The third-order valence-corrected chi connectivity index (χ3v) is 4.40. The molecule has 3 amide bonds. The van der Waals surface area contributed by atoms with Gasteiger partial charge in [-0.1, -0.05) is 25.5 Å². The number of hydrogen-bond acceptors (Lipinski definition) is 3. The number of piperidine rings is 1. The Balaban J connectivity index is 0.00000338. The Labute approximate surface area is 160 Å². The number of nitrogens with one attached hydrogen (secondary N) is 2. The first-order chi connectivity index (χ1) is 12.0. The van der Waals surface area contributed by atoms with Gasteiger partial charge in [-0.05, 0) is 37.0 Å². The molecule has 1 unspecified atom stereocenters. The number of hydrogen-bond donors (Lipinski definition) is 3. The van der Waals surface area contributed by atoms with E-state index < -0.39 is 12.1 Å². The number of likely N-dealkylation sites (tertiary alicyclic amines) is 1. The molecule has 26 heavy (non-hydrogen) atoms. The van der Waals surface area contributed by atoms with Crippen LogP contribution in [0.1, 0.15) is 38.2 Å². The number of carbonyl (C=O) groups excluding carboxylic acids is 2. The molecule has 1 heterocycles. The summed E-state index contributed by atoms with van der Waals surface area (Å²) >= 11 is 0. The largest absolute Gasteiger partial charge is 0.341 e. The first-order valence-corrected chi connectivity index (χ1v) is 8.82. The Bertz CT molecular complexity index is 577. The lowest BCUT2D eigenvalue weighted by Gasteiger charge is -2.33. The predicted molar refractivity (Wildman–Crippen MR) is 102 cm³/mol. The van der Waals surface area contributed by atoms with Gasteiger partial charge in [0, 0.05) is 25.7 Å². The van der Waals surface area contributed by atoms with Crippen molar-refractivity contribution < 1.29 is 14.0 Å². The number of nitrogens with two attached hydrogens (primary N) is 1. The van der Waals surface area contributed by atoms with Gasteiger partial charge in [-0.25, -0.2) is 9.18 Å². The fourth-order valence-electron chi connectivity index (χ4n) is 2.88. The SMILES string of the molecule is CCCC(NC(=O)NCc1ccc(F)cc1)C(=O)N1CCC(N)CC1.Cl. The van der Waals surface area contributed by atoms with E-state index in [0.717, 1.165) is 24.8 Å². The third kappa shape index (κ3) is 6.80. The average molecular weight is 387 g/mol. The standard InChI is InChI=1S/C18H27FN4O2.ClH/c1-2-3-16(17(24)23-10-8-15(20)9-11-23)22-18(25)21-12-13-4-6-14(19)7-5-13;/h4-7,15-16H,2-3,8-12,20H2,1H3,(H2,21,22,25);1H. The van der Waals surface area contributed by atoms with E-state index in [1.165, 1.54) is 12.1 Å². The van der Waals surface area contributed by atoms with Crippen LogP contribution in [0.15, 0.2) is 24.3 Å². The van der Waals surface area contributed by atoms with Crippen LogP contribution in [0, 0.1) is 5.82 Å². The lowest BCUT2D eigenvalue weighted by Crippen LogP contribution is -2.53. The molecule has 146 valence electrons. The second-order valence-electron chi connectivity index (χ2n) is 6.46. The van der Waals surface area contributed by atoms with Crippen LogP contribution in [0.4, 0.5) is 9.18 Å². The molecule has 0 spiro atoms. The van der Waals surface area contributed by atoms with E-state index in [2.05, 4.69) is 10.6 Å². The van der Waals surface area contributed by atoms with Crippen molar-refractivity contribution in [2.75, 3.05) is 13.1 Å². The molecule has 6 nitrogen and oxygen atoms in total.